The lowest BCUT2D eigenvalue weighted by Crippen LogP contribution is -2.29. The van der Waals surface area contributed by atoms with E-state index in [-0.39, 0.29) is 5.56 Å². The minimum absolute atomic E-state index is 0.327. The van der Waals surface area contributed by atoms with Crippen LogP contribution < -0.4 is 15.6 Å². The molecule has 0 spiro atoms. The smallest absolute Gasteiger partial charge is 0.288 e. The van der Waals surface area contributed by atoms with E-state index in [0.29, 0.717) is 22.9 Å². The summed E-state index contributed by atoms with van der Waals surface area (Å²) in [7, 11) is 1.62. The van der Waals surface area contributed by atoms with E-state index >= 15 is 0 Å². The number of benzene rings is 2. The van der Waals surface area contributed by atoms with Gasteiger partial charge in [0.2, 0.25) is 5.95 Å². The highest BCUT2D eigenvalue weighted by Crippen LogP contribution is 2.41. The molecule has 0 saturated carbocycles. The second-order valence-corrected chi connectivity index (χ2v) is 6.99. The van der Waals surface area contributed by atoms with Crippen molar-refractivity contribution in [2.24, 2.45) is 0 Å². The molecular weight excluding hydrogens is 382 g/mol. The number of fused-ring (bicyclic) bond motifs is 2. The summed E-state index contributed by atoms with van der Waals surface area (Å²) in [6, 6.07) is 15.4. The van der Waals surface area contributed by atoms with E-state index in [0.717, 1.165) is 23.3 Å². The fourth-order valence-electron chi connectivity index (χ4n) is 3.75. The van der Waals surface area contributed by atoms with Gasteiger partial charge in [-0.25, -0.2) is 5.10 Å². The number of H-pyrrole nitrogens is 1. The van der Waals surface area contributed by atoms with Crippen LogP contribution in [0.3, 0.4) is 0 Å². The fourth-order valence-corrected chi connectivity index (χ4v) is 3.75. The van der Waals surface area contributed by atoms with Crippen LogP contribution in [0.25, 0.3) is 11.3 Å². The highest BCUT2D eigenvalue weighted by Gasteiger charge is 2.34. The first-order valence-corrected chi connectivity index (χ1v) is 9.60. The molecule has 0 amide bonds. The molecule has 9 nitrogen and oxygen atoms in total. The van der Waals surface area contributed by atoms with Gasteiger partial charge in [0.05, 0.1) is 12.8 Å². The Balaban J connectivity index is 1.75. The van der Waals surface area contributed by atoms with Crippen molar-refractivity contribution in [2.45, 2.75) is 19.4 Å². The number of tetrazole rings is 1. The Labute approximate surface area is 171 Å². The number of anilines is 2. The number of aromatic amines is 1. The quantitative estimate of drug-likeness (QED) is 0.476. The predicted octanol–water partition coefficient (Wildman–Crippen LogP) is 2.69. The molecule has 2 aromatic carbocycles. The van der Waals surface area contributed by atoms with Crippen molar-refractivity contribution in [1.29, 1.82) is 0 Å². The van der Waals surface area contributed by atoms with E-state index in [1.165, 1.54) is 5.56 Å². The molecule has 0 aliphatic carbocycles. The summed E-state index contributed by atoms with van der Waals surface area (Å²) < 4.78 is 6.94. The van der Waals surface area contributed by atoms with Crippen LogP contribution in [0.1, 0.15) is 29.7 Å². The van der Waals surface area contributed by atoms with Gasteiger partial charge in [-0.1, -0.05) is 36.3 Å². The molecule has 2 N–H and O–H groups in total. The van der Waals surface area contributed by atoms with Crippen LogP contribution in [-0.4, -0.2) is 37.5 Å². The Kier molecular flexibility index (Phi) is 4.27. The number of methoxy groups -OCH3 is 1. The Hall–Kier alpha value is -4.01. The largest absolute Gasteiger partial charge is 0.497 e. The molecule has 0 radical (unpaired) electrons. The Morgan fingerprint density at radius 3 is 2.57 bits per heavy atom. The van der Waals surface area contributed by atoms with E-state index in [9.17, 15) is 4.79 Å². The Bertz CT molecular complexity index is 1260. The molecule has 1 aliphatic rings. The van der Waals surface area contributed by atoms with Gasteiger partial charge in [0.25, 0.3) is 5.56 Å². The standard InChI is InChI=1S/C21H19N7O2/c1-3-12-4-6-14(7-5-12)19-16-17(13-8-10-15(30-2)11-9-13)23-24-20(29)18(16)22-21-25-26-27-28(19)21/h4-11,19H,3H2,1-2H3,(H,24,29)(H,22,25,27). The summed E-state index contributed by atoms with van der Waals surface area (Å²) >= 11 is 0. The van der Waals surface area contributed by atoms with Gasteiger partial charge < -0.3 is 10.1 Å². The van der Waals surface area contributed by atoms with Crippen LogP contribution in [0.15, 0.2) is 53.3 Å². The van der Waals surface area contributed by atoms with Gasteiger partial charge in [0.1, 0.15) is 17.5 Å². The van der Waals surface area contributed by atoms with Crippen LogP contribution in [0.2, 0.25) is 0 Å². The molecule has 9 heteroatoms. The minimum Gasteiger partial charge on any atom is -0.497 e. The highest BCUT2D eigenvalue weighted by molar-refractivity contribution is 5.75. The topological polar surface area (TPSA) is 111 Å². The Morgan fingerprint density at radius 1 is 1.10 bits per heavy atom. The van der Waals surface area contributed by atoms with E-state index in [4.69, 9.17) is 4.74 Å². The molecule has 2 aromatic heterocycles. The zero-order chi connectivity index (χ0) is 20.7. The van der Waals surface area contributed by atoms with Crippen molar-refractivity contribution in [1.82, 2.24) is 30.4 Å². The first-order valence-electron chi connectivity index (χ1n) is 9.60. The van der Waals surface area contributed by atoms with Crippen molar-refractivity contribution >= 4 is 11.6 Å². The number of nitrogens with zero attached hydrogens (tertiary/aromatic N) is 5. The first-order chi connectivity index (χ1) is 14.7. The van der Waals surface area contributed by atoms with Crippen LogP contribution >= 0.6 is 0 Å². The van der Waals surface area contributed by atoms with Gasteiger partial charge >= 0.3 is 0 Å². The molecule has 1 unspecified atom stereocenters. The third kappa shape index (κ3) is 2.83. The monoisotopic (exact) mass is 401 g/mol. The van der Waals surface area contributed by atoms with E-state index in [1.54, 1.807) is 11.8 Å². The van der Waals surface area contributed by atoms with Crippen molar-refractivity contribution in [3.05, 3.63) is 75.6 Å². The van der Waals surface area contributed by atoms with E-state index < -0.39 is 6.04 Å². The fraction of sp³-hybridized carbons (Fsp3) is 0.190. The number of hydrogen-bond donors (Lipinski definition) is 2. The second kappa shape index (κ2) is 7.11. The molecule has 1 aliphatic heterocycles. The van der Waals surface area contributed by atoms with Gasteiger partial charge in [0, 0.05) is 11.1 Å². The lowest BCUT2D eigenvalue weighted by atomic mass is 9.92. The second-order valence-electron chi connectivity index (χ2n) is 6.99. The van der Waals surface area contributed by atoms with E-state index in [1.807, 2.05) is 36.4 Å². The molecular formula is C21H19N7O2. The molecule has 0 bridgehead atoms. The van der Waals surface area contributed by atoms with Crippen molar-refractivity contribution in [3.63, 3.8) is 0 Å². The lowest BCUT2D eigenvalue weighted by Gasteiger charge is -2.28. The van der Waals surface area contributed by atoms with Crippen molar-refractivity contribution in [3.8, 4) is 17.0 Å². The average molecular weight is 401 g/mol. The highest BCUT2D eigenvalue weighted by atomic mass is 16.5. The van der Waals surface area contributed by atoms with Crippen molar-refractivity contribution in [2.75, 3.05) is 12.4 Å². The first kappa shape index (κ1) is 18.0. The maximum absolute atomic E-state index is 12.7. The summed E-state index contributed by atoms with van der Waals surface area (Å²) in [5, 5.41) is 22.1. The van der Waals surface area contributed by atoms with Gasteiger partial charge in [-0.05, 0) is 52.2 Å². The van der Waals surface area contributed by atoms with Crippen LogP contribution in [0.4, 0.5) is 11.6 Å². The normalized spacial score (nSPS) is 14.5. The SMILES string of the molecule is CCc1ccc(C2c3c(-c4ccc(OC)cc4)n[nH]c(=O)c3Nc3nnnn32)cc1. The number of aryl methyl sites for hydroxylation is 1. The van der Waals surface area contributed by atoms with E-state index in [2.05, 4.69) is 50.1 Å². The molecule has 0 saturated heterocycles. The summed E-state index contributed by atoms with van der Waals surface area (Å²) in [6.07, 6.45) is 0.942. The third-order valence-corrected chi connectivity index (χ3v) is 5.34. The summed E-state index contributed by atoms with van der Waals surface area (Å²) in [5.41, 5.74) is 4.46. The molecule has 1 atom stereocenters. The minimum atomic E-state index is -0.399. The maximum Gasteiger partial charge on any atom is 0.288 e. The molecule has 150 valence electrons. The molecule has 30 heavy (non-hydrogen) atoms. The third-order valence-electron chi connectivity index (χ3n) is 5.34. The zero-order valence-electron chi connectivity index (χ0n) is 16.5. The Morgan fingerprint density at radius 2 is 1.87 bits per heavy atom. The number of aromatic nitrogens is 6. The zero-order valence-corrected chi connectivity index (χ0v) is 16.5. The lowest BCUT2D eigenvalue weighted by molar-refractivity contribution is 0.415. The van der Waals surface area contributed by atoms with Crippen LogP contribution in [0.5, 0.6) is 5.75 Å². The number of hydrogen-bond acceptors (Lipinski definition) is 7. The number of ether oxygens (including phenoxy) is 1. The van der Waals surface area contributed by atoms with Crippen LogP contribution in [0, 0.1) is 0 Å². The predicted molar refractivity (Wildman–Crippen MR) is 111 cm³/mol. The average Bonchev–Trinajstić information content (AvgIpc) is 3.27. The molecule has 5 rings (SSSR count). The summed E-state index contributed by atoms with van der Waals surface area (Å²) in [6.45, 7) is 2.11. The van der Waals surface area contributed by atoms with Gasteiger partial charge in [-0.2, -0.15) is 9.78 Å². The van der Waals surface area contributed by atoms with Crippen molar-refractivity contribution < 1.29 is 4.74 Å². The summed E-state index contributed by atoms with van der Waals surface area (Å²) in [5.74, 6) is 1.15. The maximum atomic E-state index is 12.7. The molecule has 0 fully saturated rings. The number of rotatable bonds is 4. The molecule has 4 aromatic rings. The van der Waals surface area contributed by atoms with Crippen LogP contribution in [-0.2, 0) is 6.42 Å². The van der Waals surface area contributed by atoms with Gasteiger partial charge in [0.15, 0.2) is 0 Å². The van der Waals surface area contributed by atoms with Gasteiger partial charge in [-0.3, -0.25) is 4.79 Å². The summed E-state index contributed by atoms with van der Waals surface area (Å²) in [4.78, 5) is 12.7. The van der Waals surface area contributed by atoms with Gasteiger partial charge in [-0.15, -0.1) is 0 Å². The number of nitrogens with one attached hydrogen (secondary N) is 2. The molecule has 3 heterocycles.